The van der Waals surface area contributed by atoms with Crippen LogP contribution in [0.5, 0.6) is 0 Å². The lowest BCUT2D eigenvalue weighted by atomic mass is 9.83. The van der Waals surface area contributed by atoms with Crippen LogP contribution in [-0.4, -0.2) is 133 Å². The molecule has 18 nitrogen and oxygen atoms in total. The third-order valence-electron chi connectivity index (χ3n) is 17.8. The zero-order valence-corrected chi connectivity index (χ0v) is 45.7. The van der Waals surface area contributed by atoms with Crippen molar-refractivity contribution < 1.29 is 38.4 Å². The van der Waals surface area contributed by atoms with Crippen molar-refractivity contribution in [3.05, 3.63) is 106 Å². The van der Waals surface area contributed by atoms with Crippen molar-refractivity contribution in [2.45, 2.75) is 177 Å². The first-order valence-corrected chi connectivity index (χ1v) is 28.8. The highest BCUT2D eigenvalue weighted by Crippen LogP contribution is 2.35. The summed E-state index contributed by atoms with van der Waals surface area (Å²) < 4.78 is 0. The van der Waals surface area contributed by atoms with E-state index in [9.17, 15) is 38.4 Å². The van der Waals surface area contributed by atoms with Crippen molar-refractivity contribution in [1.29, 1.82) is 0 Å². The molecule has 0 aromatic heterocycles. The second-order valence-electron chi connectivity index (χ2n) is 22.8. The summed E-state index contributed by atoms with van der Waals surface area (Å²) in [5.41, 5.74) is 4.98. The summed E-state index contributed by atoms with van der Waals surface area (Å²) >= 11 is 0. The van der Waals surface area contributed by atoms with Gasteiger partial charge in [0.1, 0.15) is 24.2 Å². The Kier molecular flexibility index (Phi) is 18.3. The van der Waals surface area contributed by atoms with Crippen molar-refractivity contribution in [3.63, 3.8) is 0 Å². The van der Waals surface area contributed by atoms with Crippen LogP contribution in [0.3, 0.4) is 0 Å². The summed E-state index contributed by atoms with van der Waals surface area (Å²) in [6, 6.07) is 16.0. The molecular formula is C60H80N10O8. The van der Waals surface area contributed by atoms with Crippen LogP contribution in [0.15, 0.2) is 72.8 Å². The lowest BCUT2D eigenvalue weighted by molar-refractivity contribution is -0.143. The Hall–Kier alpha value is -6.66. The number of likely N-dealkylation sites (tertiary alicyclic amines) is 2. The molecule has 0 spiro atoms. The fourth-order valence-electron chi connectivity index (χ4n) is 13.0. The Morgan fingerprint density at radius 1 is 0.474 bits per heavy atom. The lowest BCUT2D eigenvalue weighted by Crippen LogP contribution is -2.58. The number of nitrogens with zero attached hydrogens (tertiary/aromatic N) is 2. The van der Waals surface area contributed by atoms with E-state index in [0.717, 1.165) is 101 Å². The van der Waals surface area contributed by atoms with E-state index in [1.54, 1.807) is 62.0 Å². The summed E-state index contributed by atoms with van der Waals surface area (Å²) in [6.45, 7) is 3.58. The first kappa shape index (κ1) is 56.1. The minimum Gasteiger partial charge on any atom is -0.347 e. The number of nitrogens with one attached hydrogen (secondary N) is 8. The molecule has 6 aliphatic rings. The van der Waals surface area contributed by atoms with Gasteiger partial charge in [-0.25, -0.2) is 0 Å². The molecule has 8 amide bonds. The van der Waals surface area contributed by atoms with Gasteiger partial charge in [-0.05, 0) is 151 Å². The fraction of sp³-hybridized carbons (Fsp3) is 0.567. The highest BCUT2D eigenvalue weighted by atomic mass is 16.2. The fourth-order valence-corrected chi connectivity index (χ4v) is 13.0. The average molecular weight is 1070 g/mol. The summed E-state index contributed by atoms with van der Waals surface area (Å²) in [6.07, 6.45) is 12.4. The largest absolute Gasteiger partial charge is 0.347 e. The van der Waals surface area contributed by atoms with Gasteiger partial charge in [0, 0.05) is 36.3 Å². The van der Waals surface area contributed by atoms with Crippen LogP contribution in [0.25, 0.3) is 0 Å². The van der Waals surface area contributed by atoms with E-state index in [1.807, 2.05) is 36.4 Å². The predicted octanol–water partition coefficient (Wildman–Crippen LogP) is 4.04. The van der Waals surface area contributed by atoms with Gasteiger partial charge in [0.05, 0.1) is 24.2 Å². The van der Waals surface area contributed by atoms with Crippen LogP contribution >= 0.6 is 0 Å². The Morgan fingerprint density at radius 3 is 1.22 bits per heavy atom. The van der Waals surface area contributed by atoms with Gasteiger partial charge < -0.3 is 52.3 Å². The highest BCUT2D eigenvalue weighted by molar-refractivity contribution is 5.99. The van der Waals surface area contributed by atoms with E-state index < -0.39 is 60.1 Å². The Bertz CT molecular complexity index is 2510. The molecule has 2 aliphatic heterocycles. The SMILES string of the molecule is CN[C@@H](C)C(=O)N[C@H](C(=O)N1C[C@@H](NC(=O)c2ccc(C(=O)N[C@H]3C[C@@H](C(=O)N[C@@H]4CCc5ccccc54)N(C(=O)[C@@H](NC(=O)[C@H](C)NC)C4CCCCC4)C3)cc2)C[C@H]1C(=O)N[C@@H]1CCc2ccccc21)C1CCCCC1. The summed E-state index contributed by atoms with van der Waals surface area (Å²) in [7, 11) is 3.37. The first-order valence-electron chi connectivity index (χ1n) is 28.8. The van der Waals surface area contributed by atoms with Gasteiger partial charge >= 0.3 is 0 Å². The summed E-state index contributed by atoms with van der Waals surface area (Å²) in [5, 5.41) is 24.6. The number of fused-ring (bicyclic) bond motifs is 2. The number of amides is 8. The van der Waals surface area contributed by atoms with Gasteiger partial charge in [-0.15, -0.1) is 0 Å². The lowest BCUT2D eigenvalue weighted by Gasteiger charge is -2.35. The van der Waals surface area contributed by atoms with Crippen molar-refractivity contribution in [2.24, 2.45) is 11.8 Å². The van der Waals surface area contributed by atoms with Gasteiger partial charge in [0.25, 0.3) is 11.8 Å². The van der Waals surface area contributed by atoms with Gasteiger partial charge in [-0.2, -0.15) is 0 Å². The minimum absolute atomic E-state index is 0.0573. The molecule has 4 fully saturated rings. The normalized spacial score (nSPS) is 24.7. The Labute approximate surface area is 458 Å². The third-order valence-corrected chi connectivity index (χ3v) is 17.8. The molecule has 2 heterocycles. The number of carbonyl (C=O) groups excluding carboxylic acids is 8. The maximum atomic E-state index is 14.9. The monoisotopic (exact) mass is 1070 g/mol. The number of likely N-dealkylation sites (N-methyl/N-ethyl adjacent to an activating group) is 2. The maximum absolute atomic E-state index is 14.9. The van der Waals surface area contributed by atoms with Crippen LogP contribution in [0.4, 0.5) is 0 Å². The second-order valence-corrected chi connectivity index (χ2v) is 22.8. The third kappa shape index (κ3) is 12.8. The first-order chi connectivity index (χ1) is 37.7. The molecule has 78 heavy (non-hydrogen) atoms. The molecule has 2 saturated heterocycles. The van der Waals surface area contributed by atoms with Gasteiger partial charge in [-0.3, -0.25) is 38.4 Å². The number of rotatable bonds is 18. The molecule has 418 valence electrons. The topological polar surface area (TPSA) is 239 Å². The Balaban J connectivity index is 0.888. The van der Waals surface area contributed by atoms with Crippen LogP contribution in [-0.2, 0) is 41.6 Å². The quantitative estimate of drug-likeness (QED) is 0.0910. The van der Waals surface area contributed by atoms with Gasteiger partial charge in [0.15, 0.2) is 0 Å². The number of benzene rings is 3. The molecule has 8 N–H and O–H groups in total. The number of carbonyl (C=O) groups is 8. The molecule has 0 unspecified atom stereocenters. The van der Waals surface area contributed by atoms with Crippen LogP contribution in [0.1, 0.15) is 159 Å². The van der Waals surface area contributed by atoms with Crippen molar-refractivity contribution >= 4 is 47.3 Å². The molecule has 3 aromatic rings. The van der Waals surface area contributed by atoms with E-state index in [-0.39, 0.29) is 96.4 Å². The zero-order chi connectivity index (χ0) is 55.0. The number of aryl methyl sites for hydroxylation is 2. The summed E-state index contributed by atoms with van der Waals surface area (Å²) in [4.78, 5) is 116. The second kappa shape index (κ2) is 25.4. The van der Waals surface area contributed by atoms with E-state index >= 15 is 0 Å². The molecule has 10 atom stereocenters. The predicted molar refractivity (Wildman–Crippen MR) is 295 cm³/mol. The molecule has 9 rings (SSSR count). The van der Waals surface area contributed by atoms with Gasteiger partial charge in [0.2, 0.25) is 35.4 Å². The van der Waals surface area contributed by atoms with Crippen LogP contribution in [0.2, 0.25) is 0 Å². The van der Waals surface area contributed by atoms with Crippen molar-refractivity contribution in [3.8, 4) is 0 Å². The van der Waals surface area contributed by atoms with E-state index in [4.69, 9.17) is 0 Å². The molecule has 3 aromatic carbocycles. The van der Waals surface area contributed by atoms with E-state index in [1.165, 1.54) is 11.1 Å². The van der Waals surface area contributed by atoms with E-state index in [2.05, 4.69) is 54.7 Å². The number of hydrogen-bond acceptors (Lipinski definition) is 10. The molecule has 2 saturated carbocycles. The van der Waals surface area contributed by atoms with Crippen molar-refractivity contribution in [1.82, 2.24) is 52.3 Å². The maximum Gasteiger partial charge on any atom is 0.251 e. The molecule has 18 heteroatoms. The van der Waals surface area contributed by atoms with Crippen molar-refractivity contribution in [2.75, 3.05) is 27.2 Å². The number of hydrogen-bond donors (Lipinski definition) is 8. The van der Waals surface area contributed by atoms with Crippen LogP contribution in [0, 0.1) is 11.8 Å². The molecule has 0 bridgehead atoms. The van der Waals surface area contributed by atoms with Crippen LogP contribution < -0.4 is 42.5 Å². The highest BCUT2D eigenvalue weighted by Gasteiger charge is 2.47. The van der Waals surface area contributed by atoms with E-state index in [0.29, 0.717) is 0 Å². The molecular weight excluding hydrogens is 989 g/mol. The summed E-state index contributed by atoms with van der Waals surface area (Å²) in [5.74, 6) is -3.00. The smallest absolute Gasteiger partial charge is 0.251 e. The molecule has 4 aliphatic carbocycles. The standard InChI is InChI=1S/C60H80N10O8/c1-35(61-3)53(71)67-51(39-17-7-5-8-18-39)59(77)69-33-43(31-49(69)57(75)65-47-29-27-37-15-11-13-21-45(37)47)63-55(73)41-23-25-42(26-24-41)56(74)64-44-32-50(58(76)66-48-30-28-38-16-12-14-22-46(38)48)70(34-44)60(78)52(40-19-9-6-10-20-40)68-54(72)36(2)62-4/h11-16,21-26,35-36,39-40,43-44,47-52,61-62H,5-10,17-20,27-34H2,1-4H3,(H,63,73)(H,64,74)(H,65,75)(H,66,76)(H,67,71)(H,68,72)/t35-,36-,43-,44-,47+,48+,49-,50-,51-,52-/m0/s1. The zero-order valence-electron chi connectivity index (χ0n) is 45.7. The Morgan fingerprint density at radius 2 is 0.846 bits per heavy atom. The minimum atomic E-state index is -0.905. The average Bonchev–Trinajstić information content (AvgIpc) is 4.31. The molecule has 0 radical (unpaired) electrons. The van der Waals surface area contributed by atoms with Gasteiger partial charge in [-0.1, -0.05) is 87.1 Å².